The van der Waals surface area contributed by atoms with E-state index in [9.17, 15) is 4.79 Å². The highest BCUT2D eigenvalue weighted by Crippen LogP contribution is 2.20. The molecule has 6 nitrogen and oxygen atoms in total. The fourth-order valence-electron chi connectivity index (χ4n) is 2.62. The van der Waals surface area contributed by atoms with E-state index in [1.165, 1.54) is 0 Å². The molecule has 0 aliphatic heterocycles. The predicted octanol–water partition coefficient (Wildman–Crippen LogP) is 2.66. The number of hydrogen-bond acceptors (Lipinski definition) is 3. The van der Waals surface area contributed by atoms with Crippen LogP contribution in [0.3, 0.4) is 0 Å². The third-order valence-electron chi connectivity index (χ3n) is 3.83. The van der Waals surface area contributed by atoms with E-state index < -0.39 is 0 Å². The molecule has 2 aromatic rings. The second-order valence-electron chi connectivity index (χ2n) is 5.28. The van der Waals surface area contributed by atoms with Crippen molar-refractivity contribution in [3.63, 3.8) is 0 Å². The number of aryl methyl sites for hydroxylation is 3. The molecular weight excluding hydrogens is 302 g/mol. The quantitative estimate of drug-likeness (QED) is 0.850. The molecule has 2 heterocycles. The smallest absolute Gasteiger partial charge is 0.257 e. The van der Waals surface area contributed by atoms with Crippen LogP contribution in [0.25, 0.3) is 0 Å². The first kappa shape index (κ1) is 16.5. The van der Waals surface area contributed by atoms with Gasteiger partial charge in [-0.2, -0.15) is 10.2 Å². The molecule has 0 saturated heterocycles. The number of carbonyl (C=O) groups excluding carboxylic acids is 1. The summed E-state index contributed by atoms with van der Waals surface area (Å²) in [6.07, 6.45) is 1.62. The van der Waals surface area contributed by atoms with Crippen molar-refractivity contribution < 1.29 is 4.79 Å². The highest BCUT2D eigenvalue weighted by atomic mass is 35.5. The minimum absolute atomic E-state index is 0.0466. The van der Waals surface area contributed by atoms with Gasteiger partial charge < -0.3 is 4.90 Å². The molecule has 0 aromatic carbocycles. The maximum absolute atomic E-state index is 12.8. The zero-order chi connectivity index (χ0) is 16.4. The first-order valence-corrected chi connectivity index (χ1v) is 7.78. The Balaban J connectivity index is 2.26. The molecule has 0 aliphatic carbocycles. The Bertz CT molecular complexity index is 688. The van der Waals surface area contributed by atoms with Crippen LogP contribution < -0.4 is 0 Å². The summed E-state index contributed by atoms with van der Waals surface area (Å²) in [6.45, 7) is 9.68. The number of nitrogens with zero attached hydrogens (tertiary/aromatic N) is 5. The van der Waals surface area contributed by atoms with Gasteiger partial charge in [-0.1, -0.05) is 11.6 Å². The van der Waals surface area contributed by atoms with E-state index in [1.807, 2.05) is 32.4 Å². The molecule has 0 fully saturated rings. The number of hydrogen-bond donors (Lipinski definition) is 0. The van der Waals surface area contributed by atoms with E-state index in [4.69, 9.17) is 11.6 Å². The summed E-state index contributed by atoms with van der Waals surface area (Å²) in [4.78, 5) is 14.4. The van der Waals surface area contributed by atoms with Crippen LogP contribution in [-0.4, -0.2) is 37.4 Å². The van der Waals surface area contributed by atoms with Crippen molar-refractivity contribution >= 4 is 17.5 Å². The summed E-state index contributed by atoms with van der Waals surface area (Å²) in [5, 5.41) is 9.19. The van der Waals surface area contributed by atoms with Crippen LogP contribution in [0, 0.1) is 13.8 Å². The van der Waals surface area contributed by atoms with Gasteiger partial charge in [-0.15, -0.1) is 0 Å². The maximum Gasteiger partial charge on any atom is 0.257 e. The zero-order valence-corrected chi connectivity index (χ0v) is 14.5. The zero-order valence-electron chi connectivity index (χ0n) is 13.7. The number of aromatic nitrogens is 4. The molecule has 0 bridgehead atoms. The summed E-state index contributed by atoms with van der Waals surface area (Å²) >= 11 is 6.17. The van der Waals surface area contributed by atoms with Gasteiger partial charge in [-0.25, -0.2) is 0 Å². The predicted molar refractivity (Wildman–Crippen MR) is 86.1 cm³/mol. The Morgan fingerprint density at radius 2 is 1.91 bits per heavy atom. The standard InChI is InChI=1S/C15H22ClN5O/c1-6-20-11(4)14(10(3)18-20)15(22)19(5)9-13-12(16)8-17-21(13)7-2/h8H,6-7,9H2,1-5H3. The summed E-state index contributed by atoms with van der Waals surface area (Å²) in [5.74, 6) is -0.0466. The van der Waals surface area contributed by atoms with Gasteiger partial charge in [0.15, 0.2) is 0 Å². The topological polar surface area (TPSA) is 56.0 Å². The molecule has 0 spiro atoms. The van der Waals surface area contributed by atoms with Crippen molar-refractivity contribution in [1.82, 2.24) is 24.5 Å². The number of amides is 1. The maximum atomic E-state index is 12.8. The lowest BCUT2D eigenvalue weighted by Gasteiger charge is -2.18. The molecule has 22 heavy (non-hydrogen) atoms. The summed E-state index contributed by atoms with van der Waals surface area (Å²) in [5.41, 5.74) is 3.17. The molecule has 0 saturated carbocycles. The van der Waals surface area contributed by atoms with Crippen molar-refractivity contribution in [2.45, 2.75) is 47.3 Å². The molecule has 0 aliphatic rings. The molecule has 0 unspecified atom stereocenters. The molecule has 120 valence electrons. The normalized spacial score (nSPS) is 11.0. The van der Waals surface area contributed by atoms with Crippen molar-refractivity contribution in [3.05, 3.63) is 33.9 Å². The second kappa shape index (κ2) is 6.52. The third kappa shape index (κ3) is 2.88. The number of carbonyl (C=O) groups is 1. The van der Waals surface area contributed by atoms with Gasteiger partial charge >= 0.3 is 0 Å². The summed E-state index contributed by atoms with van der Waals surface area (Å²) in [7, 11) is 1.77. The van der Waals surface area contributed by atoms with Gasteiger partial charge in [0, 0.05) is 25.8 Å². The molecule has 0 radical (unpaired) electrons. The first-order chi connectivity index (χ1) is 10.4. The molecule has 2 rings (SSSR count). The largest absolute Gasteiger partial charge is 0.336 e. The number of halogens is 1. The van der Waals surface area contributed by atoms with Crippen LogP contribution in [0.2, 0.25) is 5.02 Å². The minimum Gasteiger partial charge on any atom is -0.336 e. The average Bonchev–Trinajstić information content (AvgIpc) is 2.98. The van der Waals surface area contributed by atoms with E-state index in [-0.39, 0.29) is 5.91 Å². The van der Waals surface area contributed by atoms with Crippen molar-refractivity contribution in [1.29, 1.82) is 0 Å². The Labute approximate surface area is 135 Å². The van der Waals surface area contributed by atoms with Crippen LogP contribution in [0.15, 0.2) is 6.20 Å². The Morgan fingerprint density at radius 1 is 1.27 bits per heavy atom. The highest BCUT2D eigenvalue weighted by Gasteiger charge is 2.23. The molecule has 0 atom stereocenters. The lowest BCUT2D eigenvalue weighted by atomic mass is 10.1. The van der Waals surface area contributed by atoms with Gasteiger partial charge in [-0.3, -0.25) is 14.2 Å². The fraction of sp³-hybridized carbons (Fsp3) is 0.533. The third-order valence-corrected chi connectivity index (χ3v) is 4.14. The van der Waals surface area contributed by atoms with Crippen LogP contribution in [0.1, 0.15) is 41.3 Å². The second-order valence-corrected chi connectivity index (χ2v) is 5.68. The van der Waals surface area contributed by atoms with Gasteiger partial charge in [-0.05, 0) is 27.7 Å². The monoisotopic (exact) mass is 323 g/mol. The average molecular weight is 324 g/mol. The van der Waals surface area contributed by atoms with Crippen molar-refractivity contribution in [3.8, 4) is 0 Å². The van der Waals surface area contributed by atoms with Gasteiger partial charge in [0.1, 0.15) is 0 Å². The fourth-order valence-corrected chi connectivity index (χ4v) is 2.82. The SMILES string of the molecule is CCn1nc(C)c(C(=O)N(C)Cc2c(Cl)cnn2CC)c1C. The van der Waals surface area contributed by atoms with E-state index in [0.717, 1.165) is 30.2 Å². The van der Waals surface area contributed by atoms with E-state index in [2.05, 4.69) is 10.2 Å². The van der Waals surface area contributed by atoms with Crippen LogP contribution in [-0.2, 0) is 19.6 Å². The van der Waals surface area contributed by atoms with Crippen molar-refractivity contribution in [2.75, 3.05) is 7.05 Å². The van der Waals surface area contributed by atoms with Crippen LogP contribution in [0.5, 0.6) is 0 Å². The molecule has 1 amide bonds. The van der Waals surface area contributed by atoms with Gasteiger partial charge in [0.25, 0.3) is 5.91 Å². The Morgan fingerprint density at radius 3 is 2.45 bits per heavy atom. The van der Waals surface area contributed by atoms with Gasteiger partial charge in [0.2, 0.25) is 0 Å². The molecular formula is C15H22ClN5O. The number of rotatable bonds is 5. The highest BCUT2D eigenvalue weighted by molar-refractivity contribution is 6.31. The van der Waals surface area contributed by atoms with Crippen LogP contribution in [0.4, 0.5) is 0 Å². The van der Waals surface area contributed by atoms with Crippen LogP contribution >= 0.6 is 11.6 Å². The lowest BCUT2D eigenvalue weighted by molar-refractivity contribution is 0.0780. The minimum atomic E-state index is -0.0466. The first-order valence-electron chi connectivity index (χ1n) is 7.40. The summed E-state index contributed by atoms with van der Waals surface area (Å²) < 4.78 is 3.65. The Kier molecular flexibility index (Phi) is 4.90. The van der Waals surface area contributed by atoms with E-state index in [0.29, 0.717) is 17.1 Å². The van der Waals surface area contributed by atoms with Crippen molar-refractivity contribution in [2.24, 2.45) is 0 Å². The summed E-state index contributed by atoms with van der Waals surface area (Å²) in [6, 6.07) is 0. The Hall–Kier alpha value is -1.82. The van der Waals surface area contributed by atoms with E-state index >= 15 is 0 Å². The molecule has 7 heteroatoms. The van der Waals surface area contributed by atoms with Gasteiger partial charge in [0.05, 0.1) is 34.7 Å². The lowest BCUT2D eigenvalue weighted by Crippen LogP contribution is -2.28. The van der Waals surface area contributed by atoms with E-state index in [1.54, 1.807) is 22.8 Å². The molecule has 2 aromatic heterocycles. The molecule has 0 N–H and O–H groups in total.